The van der Waals surface area contributed by atoms with Crippen molar-refractivity contribution in [3.63, 3.8) is 0 Å². The molecule has 100 valence electrons. The topological polar surface area (TPSA) is 21.3 Å². The van der Waals surface area contributed by atoms with Gasteiger partial charge in [0.2, 0.25) is 0 Å². The van der Waals surface area contributed by atoms with E-state index in [0.29, 0.717) is 17.9 Å². The number of nitrogens with one attached hydrogen (secondary N) is 1. The molecule has 1 aromatic carbocycles. The van der Waals surface area contributed by atoms with Crippen LogP contribution >= 0.6 is 0 Å². The quantitative estimate of drug-likeness (QED) is 0.883. The summed E-state index contributed by atoms with van der Waals surface area (Å²) in [5.74, 6) is 1.22. The Labute approximate surface area is 111 Å². The summed E-state index contributed by atoms with van der Waals surface area (Å²) in [7, 11) is 2.06. The molecule has 1 aromatic rings. The molecule has 0 saturated carbocycles. The molecule has 1 saturated heterocycles. The molecule has 1 aliphatic rings. The Morgan fingerprint density at radius 2 is 2.00 bits per heavy atom. The summed E-state index contributed by atoms with van der Waals surface area (Å²) >= 11 is 0. The lowest BCUT2D eigenvalue weighted by Crippen LogP contribution is -2.41. The molecule has 2 atom stereocenters. The van der Waals surface area contributed by atoms with E-state index in [-0.39, 0.29) is 0 Å². The highest BCUT2D eigenvalue weighted by molar-refractivity contribution is 5.25. The fraction of sp³-hybridized carbons (Fsp3) is 0.625. The van der Waals surface area contributed by atoms with Crippen LogP contribution in [0.4, 0.5) is 0 Å². The second kappa shape index (κ2) is 6.35. The molecule has 0 aliphatic carbocycles. The third-order valence-corrected chi connectivity index (χ3v) is 3.99. The van der Waals surface area contributed by atoms with Crippen molar-refractivity contribution in [2.24, 2.45) is 5.92 Å². The summed E-state index contributed by atoms with van der Waals surface area (Å²) in [4.78, 5) is 0. The van der Waals surface area contributed by atoms with E-state index in [4.69, 9.17) is 4.74 Å². The Bertz CT molecular complexity index is 358. The van der Waals surface area contributed by atoms with E-state index in [0.717, 1.165) is 26.1 Å². The predicted molar refractivity (Wildman–Crippen MR) is 76.0 cm³/mol. The predicted octanol–water partition coefficient (Wildman–Crippen LogP) is 2.98. The van der Waals surface area contributed by atoms with Crippen molar-refractivity contribution in [2.75, 3.05) is 20.3 Å². The summed E-state index contributed by atoms with van der Waals surface area (Å²) in [5.41, 5.74) is 2.85. The average molecular weight is 247 g/mol. The van der Waals surface area contributed by atoms with E-state index < -0.39 is 0 Å². The lowest BCUT2D eigenvalue weighted by atomic mass is 9.89. The van der Waals surface area contributed by atoms with E-state index in [9.17, 15) is 0 Å². The van der Waals surface area contributed by atoms with Crippen LogP contribution in [0.2, 0.25) is 0 Å². The van der Waals surface area contributed by atoms with E-state index in [1.54, 1.807) is 0 Å². The molecule has 1 N–H and O–H groups in total. The normalized spacial score (nSPS) is 24.4. The van der Waals surface area contributed by atoms with Crippen molar-refractivity contribution < 1.29 is 4.74 Å². The van der Waals surface area contributed by atoms with Crippen LogP contribution in [-0.4, -0.2) is 26.3 Å². The summed E-state index contributed by atoms with van der Waals surface area (Å²) in [6.45, 7) is 6.26. The zero-order chi connectivity index (χ0) is 13.0. The van der Waals surface area contributed by atoms with Crippen molar-refractivity contribution in [3.05, 3.63) is 35.4 Å². The highest BCUT2D eigenvalue weighted by atomic mass is 16.5. The van der Waals surface area contributed by atoms with Gasteiger partial charge in [0.15, 0.2) is 0 Å². The van der Waals surface area contributed by atoms with Gasteiger partial charge in [0.25, 0.3) is 0 Å². The van der Waals surface area contributed by atoms with Crippen LogP contribution in [0.3, 0.4) is 0 Å². The van der Waals surface area contributed by atoms with Gasteiger partial charge in [0.05, 0.1) is 6.61 Å². The van der Waals surface area contributed by atoms with Gasteiger partial charge in [-0.05, 0) is 36.9 Å². The van der Waals surface area contributed by atoms with Crippen molar-refractivity contribution in [3.8, 4) is 0 Å². The van der Waals surface area contributed by atoms with Crippen LogP contribution in [0.5, 0.6) is 0 Å². The molecule has 2 heteroatoms. The van der Waals surface area contributed by atoms with Gasteiger partial charge in [-0.15, -0.1) is 0 Å². The molecule has 2 nitrogen and oxygen atoms in total. The molecular weight excluding hydrogens is 222 g/mol. The van der Waals surface area contributed by atoms with Crippen LogP contribution in [-0.2, 0) is 11.2 Å². The second-order valence-electron chi connectivity index (χ2n) is 5.62. The van der Waals surface area contributed by atoms with Gasteiger partial charge in [0.1, 0.15) is 0 Å². The van der Waals surface area contributed by atoms with E-state index in [1.165, 1.54) is 11.1 Å². The van der Waals surface area contributed by atoms with Crippen LogP contribution in [0.1, 0.15) is 37.3 Å². The van der Waals surface area contributed by atoms with Crippen LogP contribution in [0.25, 0.3) is 0 Å². The lowest BCUT2D eigenvalue weighted by Gasteiger charge is -2.31. The molecule has 0 radical (unpaired) electrons. The van der Waals surface area contributed by atoms with Gasteiger partial charge in [-0.1, -0.05) is 38.1 Å². The number of benzene rings is 1. The summed E-state index contributed by atoms with van der Waals surface area (Å²) in [6, 6.07) is 9.67. The van der Waals surface area contributed by atoms with Gasteiger partial charge in [-0.25, -0.2) is 0 Å². The number of hydrogen-bond acceptors (Lipinski definition) is 2. The molecule has 2 unspecified atom stereocenters. The zero-order valence-corrected chi connectivity index (χ0v) is 11.8. The Kier molecular flexibility index (Phi) is 4.79. The van der Waals surface area contributed by atoms with Gasteiger partial charge < -0.3 is 10.1 Å². The average Bonchev–Trinajstić information content (AvgIpc) is 2.40. The number of rotatable bonds is 4. The third-order valence-electron chi connectivity index (χ3n) is 3.99. The minimum atomic E-state index is 0.600. The molecule has 1 heterocycles. The standard InChI is InChI=1S/C16H25NO/c1-12(2)14-6-4-13(5-7-14)10-15-11-18-9-8-16(15)17-3/h4-7,12,15-17H,8-11H2,1-3H3. The van der Waals surface area contributed by atoms with Crippen molar-refractivity contribution in [2.45, 2.75) is 38.6 Å². The van der Waals surface area contributed by atoms with Gasteiger partial charge in [-0.2, -0.15) is 0 Å². The molecule has 1 aliphatic heterocycles. The minimum absolute atomic E-state index is 0.600. The van der Waals surface area contributed by atoms with E-state index in [1.807, 2.05) is 0 Å². The lowest BCUT2D eigenvalue weighted by molar-refractivity contribution is 0.0342. The minimum Gasteiger partial charge on any atom is -0.381 e. The Hall–Kier alpha value is -0.860. The van der Waals surface area contributed by atoms with Gasteiger partial charge in [-0.3, -0.25) is 0 Å². The maximum Gasteiger partial charge on any atom is 0.0512 e. The van der Waals surface area contributed by atoms with Crippen molar-refractivity contribution >= 4 is 0 Å². The largest absolute Gasteiger partial charge is 0.381 e. The maximum atomic E-state index is 5.61. The first-order valence-electron chi connectivity index (χ1n) is 7.04. The van der Waals surface area contributed by atoms with Crippen LogP contribution in [0, 0.1) is 5.92 Å². The smallest absolute Gasteiger partial charge is 0.0512 e. The van der Waals surface area contributed by atoms with Crippen LogP contribution < -0.4 is 5.32 Å². The summed E-state index contributed by atoms with van der Waals surface area (Å²) in [5, 5.41) is 3.42. The Balaban J connectivity index is 1.99. The molecule has 0 amide bonds. The van der Waals surface area contributed by atoms with Crippen molar-refractivity contribution in [1.82, 2.24) is 5.32 Å². The van der Waals surface area contributed by atoms with Gasteiger partial charge in [0, 0.05) is 18.6 Å². The second-order valence-corrected chi connectivity index (χ2v) is 5.62. The Morgan fingerprint density at radius 1 is 1.28 bits per heavy atom. The first-order chi connectivity index (χ1) is 8.70. The molecule has 18 heavy (non-hydrogen) atoms. The molecular formula is C16H25NO. The molecule has 0 bridgehead atoms. The maximum absolute atomic E-state index is 5.61. The molecule has 0 spiro atoms. The molecule has 0 aromatic heterocycles. The monoisotopic (exact) mass is 247 g/mol. The Morgan fingerprint density at radius 3 is 2.61 bits per heavy atom. The van der Waals surface area contributed by atoms with Gasteiger partial charge >= 0.3 is 0 Å². The first kappa shape index (κ1) is 13.6. The molecule has 1 fully saturated rings. The first-order valence-corrected chi connectivity index (χ1v) is 7.04. The highest BCUT2D eigenvalue weighted by Gasteiger charge is 2.24. The fourth-order valence-electron chi connectivity index (χ4n) is 2.72. The highest BCUT2D eigenvalue weighted by Crippen LogP contribution is 2.21. The SMILES string of the molecule is CNC1CCOCC1Cc1ccc(C(C)C)cc1. The van der Waals surface area contributed by atoms with E-state index in [2.05, 4.69) is 50.5 Å². The fourth-order valence-corrected chi connectivity index (χ4v) is 2.72. The number of hydrogen-bond donors (Lipinski definition) is 1. The number of ether oxygens (including phenoxy) is 1. The third kappa shape index (κ3) is 3.33. The van der Waals surface area contributed by atoms with Crippen LogP contribution in [0.15, 0.2) is 24.3 Å². The van der Waals surface area contributed by atoms with Crippen molar-refractivity contribution in [1.29, 1.82) is 0 Å². The van der Waals surface area contributed by atoms with E-state index >= 15 is 0 Å². The summed E-state index contributed by atoms with van der Waals surface area (Å²) in [6.07, 6.45) is 2.25. The zero-order valence-electron chi connectivity index (χ0n) is 11.8. The summed E-state index contributed by atoms with van der Waals surface area (Å²) < 4.78 is 5.61. The molecule has 2 rings (SSSR count).